The molecule has 1 aromatic rings. The fourth-order valence-corrected chi connectivity index (χ4v) is 1.87. The van der Waals surface area contributed by atoms with E-state index in [4.69, 9.17) is 16.4 Å². The smallest absolute Gasteiger partial charge is 0.382 e. The van der Waals surface area contributed by atoms with Crippen molar-refractivity contribution in [2.45, 2.75) is 10.4 Å². The van der Waals surface area contributed by atoms with E-state index < -0.39 is 31.8 Å². The molecule has 0 aliphatic rings. The molecule has 0 atom stereocenters. The summed E-state index contributed by atoms with van der Waals surface area (Å²) in [6, 6.07) is 5.04. The molecule has 0 bridgehead atoms. The van der Waals surface area contributed by atoms with Crippen LogP contribution in [-0.2, 0) is 9.84 Å². The van der Waals surface area contributed by atoms with E-state index in [-0.39, 0.29) is 5.69 Å². The van der Waals surface area contributed by atoms with Crippen LogP contribution in [-0.4, -0.2) is 25.5 Å². The number of nitrogens with two attached hydrogens (primary N) is 1. The van der Waals surface area contributed by atoms with Crippen molar-refractivity contribution < 1.29 is 21.6 Å². The molecule has 21 heavy (non-hydrogen) atoms. The summed E-state index contributed by atoms with van der Waals surface area (Å²) in [4.78, 5) is -0.920. The van der Waals surface area contributed by atoms with Gasteiger partial charge in [-0.1, -0.05) is 0 Å². The molecule has 112 valence electrons. The minimum atomic E-state index is -5.41. The summed E-state index contributed by atoms with van der Waals surface area (Å²) in [6.45, 7) is 0. The number of halogens is 3. The zero-order valence-electron chi connectivity index (χ0n) is 10.1. The van der Waals surface area contributed by atoms with E-state index in [1.54, 1.807) is 0 Å². The average Bonchev–Trinajstić information content (AvgIpc) is 2.38. The molecule has 0 saturated carbocycles. The molecular weight excluding hydrogens is 311 g/mol. The fraction of sp³-hybridized carbons (Fsp3) is 0.100. The Balaban J connectivity index is 3.01. The van der Waals surface area contributed by atoms with Crippen LogP contribution in [0.4, 0.5) is 18.9 Å². The van der Waals surface area contributed by atoms with Crippen molar-refractivity contribution in [1.29, 1.82) is 10.7 Å². The van der Waals surface area contributed by atoms with Gasteiger partial charge < -0.3 is 5.73 Å². The molecule has 1 aromatic carbocycles. The number of hydrogen-bond acceptors (Lipinski definition) is 6. The Labute approximate surface area is 117 Å². The first-order chi connectivity index (χ1) is 9.59. The molecule has 1 rings (SSSR count). The molecule has 0 amide bonds. The Hall–Kier alpha value is -2.61. The molecule has 0 spiro atoms. The summed E-state index contributed by atoms with van der Waals surface area (Å²) in [7, 11) is -5.41. The number of sulfone groups is 1. The number of benzene rings is 1. The van der Waals surface area contributed by atoms with Gasteiger partial charge in [0.1, 0.15) is 6.07 Å². The predicted molar refractivity (Wildman–Crippen MR) is 68.3 cm³/mol. The lowest BCUT2D eigenvalue weighted by atomic mass is 10.3. The second-order valence-corrected chi connectivity index (χ2v) is 5.51. The highest BCUT2D eigenvalue weighted by molar-refractivity contribution is 7.92. The first-order valence-electron chi connectivity index (χ1n) is 5.09. The average molecular weight is 319 g/mol. The summed E-state index contributed by atoms with van der Waals surface area (Å²) in [5.74, 6) is -0.596. The van der Waals surface area contributed by atoms with E-state index in [0.717, 1.165) is 24.3 Å². The third-order valence-corrected chi connectivity index (χ3v) is 3.63. The minimum Gasteiger partial charge on any atom is -0.382 e. The van der Waals surface area contributed by atoms with Crippen molar-refractivity contribution in [2.75, 3.05) is 5.43 Å². The van der Waals surface area contributed by atoms with Gasteiger partial charge >= 0.3 is 5.51 Å². The van der Waals surface area contributed by atoms with E-state index in [2.05, 4.69) is 10.5 Å². The summed E-state index contributed by atoms with van der Waals surface area (Å²) < 4.78 is 59.1. The van der Waals surface area contributed by atoms with E-state index >= 15 is 0 Å². The molecule has 0 heterocycles. The van der Waals surface area contributed by atoms with Crippen molar-refractivity contribution in [3.8, 4) is 6.07 Å². The molecule has 0 fully saturated rings. The number of amidine groups is 1. The van der Waals surface area contributed by atoms with Crippen LogP contribution in [0.5, 0.6) is 0 Å². The van der Waals surface area contributed by atoms with Crippen LogP contribution in [0.3, 0.4) is 0 Å². The second-order valence-electron chi connectivity index (χ2n) is 3.57. The summed E-state index contributed by atoms with van der Waals surface area (Å²) in [6.07, 6.45) is 0. The van der Waals surface area contributed by atoms with Gasteiger partial charge in [-0.25, -0.2) is 8.42 Å². The molecule has 0 unspecified atom stereocenters. The van der Waals surface area contributed by atoms with Crippen LogP contribution in [0.1, 0.15) is 0 Å². The van der Waals surface area contributed by atoms with Crippen molar-refractivity contribution in [2.24, 2.45) is 10.8 Å². The van der Waals surface area contributed by atoms with Gasteiger partial charge in [-0.15, -0.1) is 0 Å². The molecule has 0 saturated heterocycles. The molecule has 11 heteroatoms. The lowest BCUT2D eigenvalue weighted by Crippen LogP contribution is -2.23. The quantitative estimate of drug-likeness (QED) is 0.436. The number of rotatable bonds is 4. The van der Waals surface area contributed by atoms with Crippen molar-refractivity contribution in [3.05, 3.63) is 24.3 Å². The Morgan fingerprint density at radius 1 is 1.33 bits per heavy atom. The van der Waals surface area contributed by atoms with Gasteiger partial charge in [-0.05, 0) is 24.3 Å². The third kappa shape index (κ3) is 3.69. The minimum absolute atomic E-state index is 0.116. The first kappa shape index (κ1) is 16.4. The summed E-state index contributed by atoms with van der Waals surface area (Å²) in [5, 5.41) is 19.0. The topological polar surface area (TPSA) is 132 Å². The van der Waals surface area contributed by atoms with Crippen LogP contribution in [0.2, 0.25) is 0 Å². The summed E-state index contributed by atoms with van der Waals surface area (Å²) in [5.41, 5.74) is 1.59. The van der Waals surface area contributed by atoms with Crippen LogP contribution in [0.25, 0.3) is 0 Å². The molecule has 0 radical (unpaired) electrons. The fourth-order valence-electron chi connectivity index (χ4n) is 1.11. The molecular formula is C10H8F3N5O2S. The van der Waals surface area contributed by atoms with Gasteiger partial charge in [0.05, 0.1) is 10.6 Å². The van der Waals surface area contributed by atoms with Gasteiger partial charge in [0.2, 0.25) is 5.71 Å². The molecule has 7 nitrogen and oxygen atoms in total. The van der Waals surface area contributed by atoms with E-state index in [1.165, 1.54) is 6.07 Å². The number of nitrogens with one attached hydrogen (secondary N) is 2. The first-order valence-corrected chi connectivity index (χ1v) is 6.57. The monoisotopic (exact) mass is 319 g/mol. The lowest BCUT2D eigenvalue weighted by molar-refractivity contribution is -0.0436. The number of nitriles is 1. The van der Waals surface area contributed by atoms with Gasteiger partial charge in [-0.3, -0.25) is 10.8 Å². The Bertz CT molecular complexity index is 717. The number of anilines is 1. The number of hydrazone groups is 1. The van der Waals surface area contributed by atoms with Gasteiger partial charge in [0.15, 0.2) is 5.84 Å². The molecule has 0 aliphatic heterocycles. The largest absolute Gasteiger partial charge is 0.501 e. The summed E-state index contributed by atoms with van der Waals surface area (Å²) >= 11 is 0. The highest BCUT2D eigenvalue weighted by Gasteiger charge is 2.46. The predicted octanol–water partition coefficient (Wildman–Crippen LogP) is 1.21. The molecule has 4 N–H and O–H groups in total. The zero-order valence-corrected chi connectivity index (χ0v) is 11.0. The lowest BCUT2D eigenvalue weighted by Gasteiger charge is -2.08. The van der Waals surface area contributed by atoms with Crippen LogP contribution in [0.15, 0.2) is 34.3 Å². The molecule has 0 aromatic heterocycles. The van der Waals surface area contributed by atoms with Crippen LogP contribution < -0.4 is 11.2 Å². The maximum absolute atomic E-state index is 12.3. The normalized spacial score (nSPS) is 12.6. The van der Waals surface area contributed by atoms with E-state index in [0.29, 0.717) is 0 Å². The molecule has 0 aliphatic carbocycles. The van der Waals surface area contributed by atoms with Gasteiger partial charge in [-0.2, -0.15) is 23.5 Å². The second kappa shape index (κ2) is 5.80. The van der Waals surface area contributed by atoms with Crippen molar-refractivity contribution in [3.63, 3.8) is 0 Å². The Kier molecular flexibility index (Phi) is 4.54. The Morgan fingerprint density at radius 2 is 1.86 bits per heavy atom. The maximum atomic E-state index is 12.3. The van der Waals surface area contributed by atoms with Crippen LogP contribution >= 0.6 is 0 Å². The van der Waals surface area contributed by atoms with E-state index in [1.807, 2.05) is 0 Å². The Morgan fingerprint density at radius 3 is 2.24 bits per heavy atom. The number of nitrogens with zero attached hydrogens (tertiary/aromatic N) is 2. The standard InChI is InChI=1S/C10H8F3N5O2S/c11-10(12,13)21(19,20)7-3-1-6(2-4-7)17-18-8(5-14)9(15)16/h1-4,17H,(H3,15,16)/b18-8+. The van der Waals surface area contributed by atoms with Gasteiger partial charge in [0, 0.05) is 0 Å². The maximum Gasteiger partial charge on any atom is 0.501 e. The highest BCUT2D eigenvalue weighted by Crippen LogP contribution is 2.30. The number of alkyl halides is 3. The SMILES string of the molecule is N#C/C(=N\Nc1ccc(S(=O)(=O)C(F)(F)F)cc1)C(=N)N. The highest BCUT2D eigenvalue weighted by atomic mass is 32.2. The van der Waals surface area contributed by atoms with Gasteiger partial charge in [0.25, 0.3) is 9.84 Å². The zero-order chi connectivity index (χ0) is 16.3. The third-order valence-electron chi connectivity index (χ3n) is 2.13. The van der Waals surface area contributed by atoms with Crippen LogP contribution in [0, 0.1) is 16.7 Å². The number of hydrogen-bond donors (Lipinski definition) is 3. The van der Waals surface area contributed by atoms with Crippen molar-refractivity contribution in [1.82, 2.24) is 0 Å². The van der Waals surface area contributed by atoms with E-state index in [9.17, 15) is 21.6 Å². The van der Waals surface area contributed by atoms with Crippen molar-refractivity contribution >= 4 is 27.1 Å².